The molecule has 0 saturated heterocycles. The van der Waals surface area contributed by atoms with E-state index in [1.165, 1.54) is 9.80 Å². The van der Waals surface area contributed by atoms with E-state index in [0.717, 1.165) is 47.9 Å². The second-order valence-corrected chi connectivity index (χ2v) is 8.61. The number of carboxylic acids is 4. The van der Waals surface area contributed by atoms with Gasteiger partial charge in [0, 0.05) is 13.1 Å². The van der Waals surface area contributed by atoms with Crippen LogP contribution in [0.4, 0.5) is 0 Å². The molecule has 0 unspecified atom stereocenters. The number of nitrogens with zero attached hydrogens (tertiary/aromatic N) is 2. The average Bonchev–Trinajstić information content (AvgIpc) is 2.77. The van der Waals surface area contributed by atoms with Gasteiger partial charge < -0.3 is 20.4 Å². The van der Waals surface area contributed by atoms with Gasteiger partial charge in [0.1, 0.15) is 0 Å². The van der Waals surface area contributed by atoms with Crippen molar-refractivity contribution in [3.05, 3.63) is 70.8 Å². The standard InChI is InChI=1S/C26H32N2O8/c29-23(30)15-27(16-24(31)32)13-21-11-5-3-9-19(21)7-1-2-8-20-10-4-6-12-22(20)14-28(17-25(33)34)18-26(35)36/h3-6,9-12H,1-2,7-8,13-18H2,(H,29,30)(H,31,32)(H,33,34)(H,35,36). The van der Waals surface area contributed by atoms with Crippen LogP contribution in [0.15, 0.2) is 48.5 Å². The Balaban J connectivity index is 1.99. The Kier molecular flexibility index (Phi) is 11.5. The maximum absolute atomic E-state index is 11.1. The minimum atomic E-state index is -1.09. The zero-order chi connectivity index (χ0) is 26.5. The van der Waals surface area contributed by atoms with Crippen molar-refractivity contribution >= 4 is 23.9 Å². The Bertz CT molecular complexity index is 940. The average molecular weight is 501 g/mol. The normalized spacial score (nSPS) is 11.1. The van der Waals surface area contributed by atoms with Gasteiger partial charge in [0.05, 0.1) is 26.2 Å². The predicted octanol–water partition coefficient (Wildman–Crippen LogP) is 2.19. The fourth-order valence-electron chi connectivity index (χ4n) is 4.12. The predicted molar refractivity (Wildman–Crippen MR) is 131 cm³/mol. The first kappa shape index (κ1) is 28.5. The van der Waals surface area contributed by atoms with E-state index in [1.54, 1.807) is 0 Å². The second kappa shape index (κ2) is 14.6. The van der Waals surface area contributed by atoms with Gasteiger partial charge in [0.25, 0.3) is 0 Å². The van der Waals surface area contributed by atoms with Crippen molar-refractivity contribution in [2.75, 3.05) is 26.2 Å². The van der Waals surface area contributed by atoms with Crippen molar-refractivity contribution in [3.63, 3.8) is 0 Å². The highest BCUT2D eigenvalue weighted by molar-refractivity contribution is 5.73. The molecule has 0 atom stereocenters. The molecule has 0 aliphatic rings. The van der Waals surface area contributed by atoms with Gasteiger partial charge in [0.2, 0.25) is 0 Å². The monoisotopic (exact) mass is 500 g/mol. The van der Waals surface area contributed by atoms with Crippen LogP contribution in [0.1, 0.15) is 35.1 Å². The van der Waals surface area contributed by atoms with E-state index in [1.807, 2.05) is 48.5 Å². The molecule has 36 heavy (non-hydrogen) atoms. The smallest absolute Gasteiger partial charge is 0.317 e. The number of carboxylic acid groups (broad SMARTS) is 4. The van der Waals surface area contributed by atoms with E-state index in [4.69, 9.17) is 20.4 Å². The molecule has 0 amide bonds. The van der Waals surface area contributed by atoms with Gasteiger partial charge in [-0.25, -0.2) is 0 Å². The molecule has 2 rings (SSSR count). The van der Waals surface area contributed by atoms with Crippen molar-refractivity contribution in [2.45, 2.75) is 38.8 Å². The van der Waals surface area contributed by atoms with Crippen molar-refractivity contribution in [1.29, 1.82) is 0 Å². The van der Waals surface area contributed by atoms with Crippen LogP contribution in [-0.2, 0) is 45.1 Å². The molecule has 0 aliphatic carbocycles. The zero-order valence-corrected chi connectivity index (χ0v) is 20.0. The third kappa shape index (κ3) is 10.7. The molecule has 0 saturated carbocycles. The maximum atomic E-state index is 11.1. The second-order valence-electron chi connectivity index (χ2n) is 8.61. The van der Waals surface area contributed by atoms with E-state index in [-0.39, 0.29) is 39.3 Å². The first-order valence-electron chi connectivity index (χ1n) is 11.6. The van der Waals surface area contributed by atoms with Crippen LogP contribution in [0.25, 0.3) is 0 Å². The Morgan fingerprint density at radius 3 is 1.06 bits per heavy atom. The minimum Gasteiger partial charge on any atom is -0.480 e. The van der Waals surface area contributed by atoms with Gasteiger partial charge in [-0.15, -0.1) is 0 Å². The summed E-state index contributed by atoms with van der Waals surface area (Å²) in [4.78, 5) is 47.2. The van der Waals surface area contributed by atoms with Crippen LogP contribution < -0.4 is 0 Å². The molecular weight excluding hydrogens is 468 g/mol. The summed E-state index contributed by atoms with van der Waals surface area (Å²) in [5, 5.41) is 36.4. The number of benzene rings is 2. The highest BCUT2D eigenvalue weighted by atomic mass is 16.4. The Morgan fingerprint density at radius 2 is 0.778 bits per heavy atom. The van der Waals surface area contributed by atoms with Crippen molar-refractivity contribution in [1.82, 2.24) is 9.80 Å². The summed E-state index contributed by atoms with van der Waals surface area (Å²) in [5.41, 5.74) is 3.83. The summed E-state index contributed by atoms with van der Waals surface area (Å²) in [7, 11) is 0. The number of rotatable bonds is 17. The molecule has 4 N–H and O–H groups in total. The van der Waals surface area contributed by atoms with Crippen molar-refractivity contribution < 1.29 is 39.6 Å². The minimum absolute atomic E-state index is 0.223. The summed E-state index contributed by atoms with van der Waals surface area (Å²) in [6, 6.07) is 15.1. The van der Waals surface area contributed by atoms with Gasteiger partial charge in [-0.2, -0.15) is 0 Å². The lowest BCUT2D eigenvalue weighted by Crippen LogP contribution is -2.34. The number of unbranched alkanes of at least 4 members (excludes halogenated alkanes) is 1. The van der Waals surface area contributed by atoms with E-state index in [0.29, 0.717) is 0 Å². The quantitative estimate of drug-likeness (QED) is 0.238. The van der Waals surface area contributed by atoms with Crippen LogP contribution in [0.5, 0.6) is 0 Å². The Morgan fingerprint density at radius 1 is 0.500 bits per heavy atom. The Hall–Kier alpha value is -3.76. The molecule has 0 heterocycles. The van der Waals surface area contributed by atoms with Crippen LogP contribution in [0, 0.1) is 0 Å². The molecule has 2 aromatic carbocycles. The summed E-state index contributed by atoms with van der Waals surface area (Å²) in [5.74, 6) is -4.34. The highest BCUT2D eigenvalue weighted by Crippen LogP contribution is 2.18. The van der Waals surface area contributed by atoms with E-state index >= 15 is 0 Å². The first-order chi connectivity index (χ1) is 17.1. The molecular formula is C26H32N2O8. The largest absolute Gasteiger partial charge is 0.480 e. The van der Waals surface area contributed by atoms with Gasteiger partial charge in [-0.05, 0) is 47.9 Å². The lowest BCUT2D eigenvalue weighted by Gasteiger charge is -2.20. The fourth-order valence-corrected chi connectivity index (χ4v) is 4.12. The number of hydrogen-bond donors (Lipinski definition) is 4. The Labute approximate surface area is 209 Å². The number of hydrogen-bond acceptors (Lipinski definition) is 6. The summed E-state index contributed by atoms with van der Waals surface area (Å²) < 4.78 is 0. The van der Waals surface area contributed by atoms with Crippen LogP contribution >= 0.6 is 0 Å². The highest BCUT2D eigenvalue weighted by Gasteiger charge is 2.17. The van der Waals surface area contributed by atoms with Crippen molar-refractivity contribution in [2.24, 2.45) is 0 Å². The number of aryl methyl sites for hydroxylation is 2. The number of aliphatic carboxylic acids is 4. The molecule has 10 nitrogen and oxygen atoms in total. The third-order valence-corrected chi connectivity index (χ3v) is 5.60. The molecule has 0 spiro atoms. The van der Waals surface area contributed by atoms with Gasteiger partial charge in [-0.3, -0.25) is 29.0 Å². The molecule has 0 aliphatic heterocycles. The van der Waals surface area contributed by atoms with Crippen molar-refractivity contribution in [3.8, 4) is 0 Å². The fraction of sp³-hybridized carbons (Fsp3) is 0.385. The first-order valence-corrected chi connectivity index (χ1v) is 11.6. The zero-order valence-electron chi connectivity index (χ0n) is 20.0. The maximum Gasteiger partial charge on any atom is 0.317 e. The lowest BCUT2D eigenvalue weighted by molar-refractivity contribution is -0.144. The SMILES string of the molecule is O=C(O)CN(CC(=O)O)Cc1ccccc1CCCCc1ccccc1CN(CC(=O)O)CC(=O)O. The molecule has 0 aromatic heterocycles. The van der Waals surface area contributed by atoms with Gasteiger partial charge in [-0.1, -0.05) is 48.5 Å². The lowest BCUT2D eigenvalue weighted by atomic mass is 9.97. The van der Waals surface area contributed by atoms with E-state index in [9.17, 15) is 19.2 Å². The molecule has 2 aromatic rings. The van der Waals surface area contributed by atoms with E-state index in [2.05, 4.69) is 0 Å². The van der Waals surface area contributed by atoms with Crippen LogP contribution in [-0.4, -0.2) is 80.3 Å². The molecule has 0 fully saturated rings. The molecule has 194 valence electrons. The summed E-state index contributed by atoms with van der Waals surface area (Å²) >= 11 is 0. The topological polar surface area (TPSA) is 156 Å². The molecule has 0 bridgehead atoms. The van der Waals surface area contributed by atoms with Gasteiger partial charge >= 0.3 is 23.9 Å². The third-order valence-electron chi connectivity index (χ3n) is 5.60. The molecule has 10 heteroatoms. The summed E-state index contributed by atoms with van der Waals surface area (Å²) in [6.07, 6.45) is 3.13. The van der Waals surface area contributed by atoms with Crippen LogP contribution in [0.3, 0.4) is 0 Å². The van der Waals surface area contributed by atoms with E-state index < -0.39 is 23.9 Å². The number of carbonyl (C=O) groups is 4. The molecule has 0 radical (unpaired) electrons. The summed E-state index contributed by atoms with van der Waals surface area (Å²) in [6.45, 7) is -1.01. The van der Waals surface area contributed by atoms with Crippen LogP contribution in [0.2, 0.25) is 0 Å². The van der Waals surface area contributed by atoms with Gasteiger partial charge in [0.15, 0.2) is 0 Å².